The topological polar surface area (TPSA) is 186 Å². The van der Waals surface area contributed by atoms with Crippen LogP contribution < -0.4 is 18.9 Å². The molecule has 12 heteroatoms. The van der Waals surface area contributed by atoms with Gasteiger partial charge in [-0.2, -0.15) is 0 Å². The van der Waals surface area contributed by atoms with Crippen molar-refractivity contribution in [1.82, 2.24) is 0 Å². The number of ketones is 4. The fourth-order valence-corrected chi connectivity index (χ4v) is 4.36. The highest BCUT2D eigenvalue weighted by molar-refractivity contribution is 6.52. The van der Waals surface area contributed by atoms with Crippen molar-refractivity contribution in [2.24, 2.45) is 0 Å². The Labute approximate surface area is 250 Å². The van der Waals surface area contributed by atoms with Crippen molar-refractivity contribution in [3.8, 4) is 57.1 Å². The molecular formula is C32H26O12. The van der Waals surface area contributed by atoms with Gasteiger partial charge in [0.05, 0.1) is 28.4 Å². The number of rotatable bonds is 11. The third kappa shape index (κ3) is 5.95. The normalized spacial score (nSPS) is 10.5. The molecule has 4 rings (SSSR count). The van der Waals surface area contributed by atoms with Gasteiger partial charge in [-0.05, 0) is 59.7 Å². The lowest BCUT2D eigenvalue weighted by Crippen LogP contribution is -2.18. The first kappa shape index (κ1) is 30.9. The lowest BCUT2D eigenvalue weighted by molar-refractivity contribution is 0.0815. The Morgan fingerprint density at radius 3 is 0.955 bits per heavy atom. The molecule has 226 valence electrons. The number of phenolic OH excluding ortho intramolecular Hbond substituents is 4. The zero-order chi connectivity index (χ0) is 32.3. The van der Waals surface area contributed by atoms with E-state index in [9.17, 15) is 39.6 Å². The van der Waals surface area contributed by atoms with Gasteiger partial charge in [-0.15, -0.1) is 0 Å². The van der Waals surface area contributed by atoms with Crippen LogP contribution in [0.4, 0.5) is 0 Å². The molecule has 0 atom stereocenters. The molecule has 44 heavy (non-hydrogen) atoms. The molecule has 0 aliphatic carbocycles. The van der Waals surface area contributed by atoms with Crippen LogP contribution in [0.25, 0.3) is 11.1 Å². The minimum Gasteiger partial charge on any atom is -0.504 e. The molecule has 0 aliphatic rings. The number of aromatic hydroxyl groups is 4. The van der Waals surface area contributed by atoms with Crippen molar-refractivity contribution in [3.63, 3.8) is 0 Å². The third-order valence-electron chi connectivity index (χ3n) is 6.65. The van der Waals surface area contributed by atoms with E-state index in [1.54, 1.807) is 0 Å². The highest BCUT2D eigenvalue weighted by Crippen LogP contribution is 2.41. The zero-order valence-corrected chi connectivity index (χ0v) is 23.8. The van der Waals surface area contributed by atoms with Gasteiger partial charge in [0.25, 0.3) is 0 Å². The molecule has 0 radical (unpaired) electrons. The Kier molecular flexibility index (Phi) is 8.75. The molecule has 12 nitrogen and oxygen atoms in total. The number of carbonyl (C=O) groups excluding carboxylic acids is 4. The van der Waals surface area contributed by atoms with Gasteiger partial charge in [0.1, 0.15) is 23.0 Å². The largest absolute Gasteiger partial charge is 0.504 e. The quantitative estimate of drug-likeness (QED) is 0.108. The summed E-state index contributed by atoms with van der Waals surface area (Å²) in [6.45, 7) is 0. The molecule has 0 fully saturated rings. The Morgan fingerprint density at radius 2 is 0.682 bits per heavy atom. The highest BCUT2D eigenvalue weighted by atomic mass is 16.5. The predicted octanol–water partition coefficient (Wildman–Crippen LogP) is 4.34. The van der Waals surface area contributed by atoms with E-state index >= 15 is 0 Å². The second-order valence-corrected chi connectivity index (χ2v) is 9.29. The molecule has 0 heterocycles. The van der Waals surface area contributed by atoms with Crippen molar-refractivity contribution in [2.75, 3.05) is 28.4 Å². The maximum Gasteiger partial charge on any atom is 0.234 e. The van der Waals surface area contributed by atoms with Gasteiger partial charge in [-0.25, -0.2) is 0 Å². The minimum absolute atomic E-state index is 0.142. The van der Waals surface area contributed by atoms with E-state index in [1.165, 1.54) is 64.8 Å². The molecular weight excluding hydrogens is 576 g/mol. The van der Waals surface area contributed by atoms with Crippen molar-refractivity contribution >= 4 is 23.1 Å². The number of phenols is 4. The van der Waals surface area contributed by atoms with Crippen LogP contribution in [0.2, 0.25) is 0 Å². The van der Waals surface area contributed by atoms with Gasteiger partial charge in [0.2, 0.25) is 23.1 Å². The molecule has 0 saturated heterocycles. The Hall–Kier alpha value is -6.04. The second-order valence-electron chi connectivity index (χ2n) is 9.29. The molecule has 0 unspecified atom stereocenters. The van der Waals surface area contributed by atoms with Crippen LogP contribution in [0.1, 0.15) is 41.4 Å². The van der Waals surface area contributed by atoms with E-state index in [2.05, 4.69) is 0 Å². The molecule has 4 aromatic carbocycles. The van der Waals surface area contributed by atoms with Crippen LogP contribution in [0, 0.1) is 0 Å². The van der Waals surface area contributed by atoms with Crippen molar-refractivity contribution in [3.05, 3.63) is 82.9 Å². The Morgan fingerprint density at radius 1 is 0.409 bits per heavy atom. The summed E-state index contributed by atoms with van der Waals surface area (Å²) in [6.07, 6.45) is 0. The van der Waals surface area contributed by atoms with Gasteiger partial charge < -0.3 is 39.4 Å². The first-order valence-corrected chi connectivity index (χ1v) is 12.7. The summed E-state index contributed by atoms with van der Waals surface area (Å²) in [5.41, 5.74) is -1.91. The van der Waals surface area contributed by atoms with Crippen molar-refractivity contribution in [2.45, 2.75) is 0 Å². The Bertz CT molecular complexity index is 1650. The fourth-order valence-electron chi connectivity index (χ4n) is 4.36. The van der Waals surface area contributed by atoms with Gasteiger partial charge >= 0.3 is 0 Å². The first-order chi connectivity index (χ1) is 20.9. The SMILES string of the molecule is COc1cc(OC)cc(C(=O)C(=O)c2cc(O)c(O)cc2-c2cc(O)c(O)cc2C(=O)C(=O)c2cc(OC)cc(OC)c2)c1. The standard InChI is InChI=1S/C32H26O12/c1-41-17-5-15(6-18(9-17)42-2)29(37)31(39)23-13-27(35)25(33)11-21(23)22-12-26(34)28(36)14-24(22)32(40)30(38)16-7-19(43-3)10-20(8-16)44-4/h5-14,33-36H,1-4H3. The summed E-state index contributed by atoms with van der Waals surface area (Å²) < 4.78 is 20.6. The van der Waals surface area contributed by atoms with Crippen LogP contribution in [-0.4, -0.2) is 72.0 Å². The molecule has 4 N–H and O–H groups in total. The maximum absolute atomic E-state index is 13.6. The fraction of sp³-hybridized carbons (Fsp3) is 0.125. The van der Waals surface area contributed by atoms with E-state index < -0.39 is 57.3 Å². The molecule has 0 amide bonds. The first-order valence-electron chi connectivity index (χ1n) is 12.7. The molecule has 0 saturated carbocycles. The van der Waals surface area contributed by atoms with Crippen LogP contribution in [0.15, 0.2) is 60.7 Å². The van der Waals surface area contributed by atoms with E-state index in [4.69, 9.17) is 18.9 Å². The summed E-state index contributed by atoms with van der Waals surface area (Å²) in [5.74, 6) is -6.77. The second kappa shape index (κ2) is 12.4. The molecule has 4 aromatic rings. The summed E-state index contributed by atoms with van der Waals surface area (Å²) in [4.78, 5) is 54.0. The number of methoxy groups -OCH3 is 4. The number of hydrogen-bond acceptors (Lipinski definition) is 12. The smallest absolute Gasteiger partial charge is 0.234 e. The monoisotopic (exact) mass is 602 g/mol. The van der Waals surface area contributed by atoms with Crippen molar-refractivity contribution in [1.29, 1.82) is 0 Å². The van der Waals surface area contributed by atoms with Crippen LogP contribution in [-0.2, 0) is 0 Å². The Balaban J connectivity index is 1.90. The number of carbonyl (C=O) groups is 4. The van der Waals surface area contributed by atoms with E-state index in [0.717, 1.165) is 24.3 Å². The number of ether oxygens (including phenoxy) is 4. The lowest BCUT2D eigenvalue weighted by Gasteiger charge is -2.16. The molecule has 0 bridgehead atoms. The molecule has 0 aliphatic heterocycles. The van der Waals surface area contributed by atoms with Gasteiger partial charge in [0.15, 0.2) is 23.0 Å². The maximum atomic E-state index is 13.6. The van der Waals surface area contributed by atoms with Crippen molar-refractivity contribution < 1.29 is 58.6 Å². The summed E-state index contributed by atoms with van der Waals surface area (Å²) in [5, 5.41) is 41.2. The summed E-state index contributed by atoms with van der Waals surface area (Å²) in [7, 11) is 5.39. The average Bonchev–Trinajstić information content (AvgIpc) is 3.04. The zero-order valence-electron chi connectivity index (χ0n) is 23.8. The number of benzene rings is 4. The van der Waals surface area contributed by atoms with Crippen LogP contribution in [0.5, 0.6) is 46.0 Å². The average molecular weight is 603 g/mol. The minimum atomic E-state index is -1.19. The van der Waals surface area contributed by atoms with Crippen LogP contribution in [0.3, 0.4) is 0 Å². The third-order valence-corrected chi connectivity index (χ3v) is 6.65. The summed E-state index contributed by atoms with van der Waals surface area (Å²) >= 11 is 0. The molecule has 0 spiro atoms. The van der Waals surface area contributed by atoms with Gasteiger partial charge in [-0.3, -0.25) is 19.2 Å². The molecule has 0 aromatic heterocycles. The lowest BCUT2D eigenvalue weighted by atomic mass is 9.87. The van der Waals surface area contributed by atoms with Crippen LogP contribution >= 0.6 is 0 Å². The van der Waals surface area contributed by atoms with E-state index in [0.29, 0.717) is 0 Å². The van der Waals surface area contributed by atoms with Gasteiger partial charge in [-0.1, -0.05) is 0 Å². The van der Waals surface area contributed by atoms with Gasteiger partial charge in [0, 0.05) is 34.4 Å². The van der Waals surface area contributed by atoms with E-state index in [1.807, 2.05) is 0 Å². The van der Waals surface area contributed by atoms with E-state index in [-0.39, 0.29) is 45.3 Å². The highest BCUT2D eigenvalue weighted by Gasteiger charge is 2.30. The number of hydrogen-bond donors (Lipinski definition) is 4. The number of Topliss-reactive ketones (excluding diaryl/α,β-unsaturated/α-hetero) is 4. The predicted molar refractivity (Wildman–Crippen MR) is 155 cm³/mol. The summed E-state index contributed by atoms with van der Waals surface area (Å²) in [6, 6.07) is 11.4.